The average molecular weight is 335 g/mol. The van der Waals surface area contributed by atoms with Gasteiger partial charge in [-0.05, 0) is 24.0 Å². The fraction of sp³-hybridized carbons (Fsp3) is 0.200. The molecule has 0 unspecified atom stereocenters. The summed E-state index contributed by atoms with van der Waals surface area (Å²) in [7, 11) is 0. The third kappa shape index (κ3) is 3.88. The van der Waals surface area contributed by atoms with E-state index in [1.54, 1.807) is 6.07 Å². The van der Waals surface area contributed by atoms with Crippen molar-refractivity contribution in [1.82, 2.24) is 5.16 Å². The molecule has 0 atom stereocenters. The van der Waals surface area contributed by atoms with E-state index >= 15 is 0 Å². The zero-order valence-corrected chi connectivity index (χ0v) is 14.5. The number of carbonyl (C=O) groups excluding carboxylic acids is 1. The summed E-state index contributed by atoms with van der Waals surface area (Å²) in [6.07, 6.45) is 0. The largest absolute Gasteiger partial charge is 0.354 e. The third-order valence-electron chi connectivity index (χ3n) is 3.98. The normalized spacial score (nSPS) is 10.7. The lowest BCUT2D eigenvalue weighted by Crippen LogP contribution is -2.21. The number of benzene rings is 2. The van der Waals surface area contributed by atoms with Crippen molar-refractivity contribution in [3.8, 4) is 11.3 Å². The van der Waals surface area contributed by atoms with Crippen LogP contribution in [0, 0.1) is 6.92 Å². The van der Waals surface area contributed by atoms with Gasteiger partial charge in [0.25, 0.3) is 0 Å². The van der Waals surface area contributed by atoms with E-state index in [0.717, 1.165) is 22.4 Å². The number of urea groups is 1. The number of aromatic nitrogens is 1. The first-order chi connectivity index (χ1) is 12.0. The van der Waals surface area contributed by atoms with E-state index in [0.29, 0.717) is 17.5 Å². The molecular formula is C20H21N3O2. The molecule has 1 aromatic heterocycles. The maximum Gasteiger partial charge on any atom is 0.324 e. The molecule has 25 heavy (non-hydrogen) atoms. The summed E-state index contributed by atoms with van der Waals surface area (Å²) in [6, 6.07) is 17.0. The van der Waals surface area contributed by atoms with Gasteiger partial charge in [-0.2, -0.15) is 0 Å². The van der Waals surface area contributed by atoms with Gasteiger partial charge in [0.2, 0.25) is 0 Å². The van der Waals surface area contributed by atoms with Crippen LogP contribution in [-0.2, 0) is 0 Å². The highest BCUT2D eigenvalue weighted by Gasteiger charge is 2.14. The molecule has 2 aromatic carbocycles. The SMILES string of the molecule is Cc1cccc(C(C)C)c1NC(=O)Nc1cc(-c2ccccc2)on1. The van der Waals surface area contributed by atoms with Gasteiger partial charge in [0.05, 0.1) is 0 Å². The highest BCUT2D eigenvalue weighted by Crippen LogP contribution is 2.28. The Balaban J connectivity index is 1.73. The zero-order chi connectivity index (χ0) is 17.8. The number of aryl methyl sites for hydroxylation is 1. The number of amides is 2. The lowest BCUT2D eigenvalue weighted by molar-refractivity contribution is 0.262. The van der Waals surface area contributed by atoms with E-state index in [2.05, 4.69) is 29.6 Å². The molecule has 3 aromatic rings. The predicted molar refractivity (Wildman–Crippen MR) is 99.8 cm³/mol. The Labute approximate surface area is 147 Å². The number of hydrogen-bond donors (Lipinski definition) is 2. The first kappa shape index (κ1) is 16.8. The first-order valence-corrected chi connectivity index (χ1v) is 8.24. The van der Waals surface area contributed by atoms with Crippen LogP contribution in [0.5, 0.6) is 0 Å². The van der Waals surface area contributed by atoms with Crippen molar-refractivity contribution < 1.29 is 9.32 Å². The van der Waals surface area contributed by atoms with Crippen molar-refractivity contribution in [1.29, 1.82) is 0 Å². The van der Waals surface area contributed by atoms with Crippen molar-refractivity contribution in [3.63, 3.8) is 0 Å². The fourth-order valence-corrected chi connectivity index (χ4v) is 2.68. The standard InChI is InChI=1S/C20H21N3O2/c1-13(2)16-11-7-8-14(3)19(16)22-20(24)21-18-12-17(25-23-18)15-9-5-4-6-10-15/h4-13H,1-3H3,(H2,21,22,23,24). The van der Waals surface area contributed by atoms with Gasteiger partial charge in [-0.15, -0.1) is 0 Å². The summed E-state index contributed by atoms with van der Waals surface area (Å²) in [5, 5.41) is 9.55. The van der Waals surface area contributed by atoms with Crippen LogP contribution in [-0.4, -0.2) is 11.2 Å². The quantitative estimate of drug-likeness (QED) is 0.669. The van der Waals surface area contributed by atoms with Crippen molar-refractivity contribution >= 4 is 17.5 Å². The summed E-state index contributed by atoms with van der Waals surface area (Å²) in [4.78, 5) is 12.4. The van der Waals surface area contributed by atoms with Crippen molar-refractivity contribution in [2.45, 2.75) is 26.7 Å². The Bertz CT molecular complexity index is 870. The molecule has 0 aliphatic carbocycles. The van der Waals surface area contributed by atoms with Crippen molar-refractivity contribution in [2.75, 3.05) is 10.6 Å². The molecule has 3 rings (SSSR count). The molecule has 2 amide bonds. The molecule has 0 spiro atoms. The molecule has 128 valence electrons. The fourth-order valence-electron chi connectivity index (χ4n) is 2.68. The summed E-state index contributed by atoms with van der Waals surface area (Å²) >= 11 is 0. The van der Waals surface area contributed by atoms with Gasteiger partial charge in [0.1, 0.15) is 0 Å². The molecule has 0 aliphatic heterocycles. The van der Waals surface area contributed by atoms with Gasteiger partial charge in [-0.25, -0.2) is 4.79 Å². The maximum atomic E-state index is 12.4. The number of hydrogen-bond acceptors (Lipinski definition) is 3. The summed E-state index contributed by atoms with van der Waals surface area (Å²) in [5.74, 6) is 1.29. The van der Waals surface area contributed by atoms with Gasteiger partial charge in [-0.3, -0.25) is 5.32 Å². The molecule has 0 fully saturated rings. The molecule has 2 N–H and O–H groups in total. The second-order valence-electron chi connectivity index (χ2n) is 6.22. The summed E-state index contributed by atoms with van der Waals surface area (Å²) in [6.45, 7) is 6.17. The van der Waals surface area contributed by atoms with E-state index in [9.17, 15) is 4.79 Å². The lowest BCUT2D eigenvalue weighted by Gasteiger charge is -2.16. The van der Waals surface area contributed by atoms with Gasteiger partial charge >= 0.3 is 6.03 Å². The minimum Gasteiger partial charge on any atom is -0.354 e. The predicted octanol–water partition coefficient (Wildman–Crippen LogP) is 5.42. The van der Waals surface area contributed by atoms with Gasteiger partial charge < -0.3 is 9.84 Å². The van der Waals surface area contributed by atoms with E-state index in [1.807, 2.05) is 55.5 Å². The Kier molecular flexibility index (Phi) is 4.84. The number of nitrogens with zero attached hydrogens (tertiary/aromatic N) is 1. The molecule has 0 aliphatic rings. The number of para-hydroxylation sites is 1. The highest BCUT2D eigenvalue weighted by atomic mass is 16.5. The van der Waals surface area contributed by atoms with Crippen molar-refractivity contribution in [2.24, 2.45) is 0 Å². The number of anilines is 2. The second kappa shape index (κ2) is 7.21. The molecule has 0 saturated heterocycles. The maximum absolute atomic E-state index is 12.4. The first-order valence-electron chi connectivity index (χ1n) is 8.24. The van der Waals surface area contributed by atoms with Crippen LogP contribution in [0.3, 0.4) is 0 Å². The molecule has 1 heterocycles. The number of rotatable bonds is 4. The van der Waals surface area contributed by atoms with Crippen LogP contribution in [0.4, 0.5) is 16.3 Å². The van der Waals surface area contributed by atoms with Crippen LogP contribution in [0.25, 0.3) is 11.3 Å². The Morgan fingerprint density at radius 2 is 1.80 bits per heavy atom. The Morgan fingerprint density at radius 1 is 1.04 bits per heavy atom. The van der Waals surface area contributed by atoms with Crippen LogP contribution in [0.15, 0.2) is 59.1 Å². The van der Waals surface area contributed by atoms with Crippen LogP contribution in [0.2, 0.25) is 0 Å². The van der Waals surface area contributed by atoms with E-state index in [-0.39, 0.29) is 6.03 Å². The van der Waals surface area contributed by atoms with Crippen LogP contribution < -0.4 is 10.6 Å². The smallest absolute Gasteiger partial charge is 0.324 e. The van der Waals surface area contributed by atoms with Gasteiger partial charge in [0.15, 0.2) is 11.6 Å². The minimum absolute atomic E-state index is 0.312. The third-order valence-corrected chi connectivity index (χ3v) is 3.98. The molecule has 5 nitrogen and oxygen atoms in total. The Morgan fingerprint density at radius 3 is 2.52 bits per heavy atom. The molecule has 0 radical (unpaired) electrons. The zero-order valence-electron chi connectivity index (χ0n) is 14.5. The average Bonchev–Trinajstić information content (AvgIpc) is 3.05. The van der Waals surface area contributed by atoms with Crippen molar-refractivity contribution in [3.05, 3.63) is 65.7 Å². The van der Waals surface area contributed by atoms with Gasteiger partial charge in [0, 0.05) is 17.3 Å². The highest BCUT2D eigenvalue weighted by molar-refractivity contribution is 6.00. The van der Waals surface area contributed by atoms with Gasteiger partial charge in [-0.1, -0.05) is 67.5 Å². The van der Waals surface area contributed by atoms with Crippen LogP contribution in [0.1, 0.15) is 30.9 Å². The lowest BCUT2D eigenvalue weighted by atomic mass is 9.98. The second-order valence-corrected chi connectivity index (χ2v) is 6.22. The summed E-state index contributed by atoms with van der Waals surface area (Å²) in [5.41, 5.74) is 3.86. The van der Waals surface area contributed by atoms with E-state index in [1.165, 1.54) is 0 Å². The minimum atomic E-state index is -0.343. The Hall–Kier alpha value is -3.08. The number of nitrogens with one attached hydrogen (secondary N) is 2. The van der Waals surface area contributed by atoms with E-state index < -0.39 is 0 Å². The van der Waals surface area contributed by atoms with E-state index in [4.69, 9.17) is 4.52 Å². The topological polar surface area (TPSA) is 67.2 Å². The number of carbonyl (C=O) groups is 1. The van der Waals surface area contributed by atoms with Crippen LogP contribution >= 0.6 is 0 Å². The molecule has 0 saturated carbocycles. The molecule has 5 heteroatoms. The molecular weight excluding hydrogens is 314 g/mol. The molecule has 0 bridgehead atoms. The monoisotopic (exact) mass is 335 g/mol. The summed E-state index contributed by atoms with van der Waals surface area (Å²) < 4.78 is 5.29.